The number of thiazole rings is 1. The van der Waals surface area contributed by atoms with E-state index in [0.717, 1.165) is 44.1 Å². The van der Waals surface area contributed by atoms with E-state index in [4.69, 9.17) is 4.74 Å². The highest BCUT2D eigenvalue weighted by molar-refractivity contribution is 7.22. The number of anilines is 1. The molecule has 148 valence electrons. The Balaban J connectivity index is 1.32. The van der Waals surface area contributed by atoms with Crippen molar-refractivity contribution in [3.05, 3.63) is 90.6 Å². The van der Waals surface area contributed by atoms with Gasteiger partial charge in [0.25, 0.3) is 0 Å². The molecule has 0 amide bonds. The predicted octanol–water partition coefficient (Wildman–Crippen LogP) is 5.78. The molecule has 0 saturated heterocycles. The second-order valence-electron chi connectivity index (χ2n) is 6.81. The number of aromatic nitrogens is 2. The number of para-hydroxylation sites is 3. The lowest BCUT2D eigenvalue weighted by molar-refractivity contribution is 0.300. The zero-order chi connectivity index (χ0) is 20.2. The second kappa shape index (κ2) is 8.39. The summed E-state index contributed by atoms with van der Waals surface area (Å²) in [4.78, 5) is 4.55. The minimum atomic E-state index is 0.600. The number of benzene rings is 3. The maximum atomic E-state index is 5.86. The first-order valence-corrected chi connectivity index (χ1v) is 10.6. The highest BCUT2D eigenvalue weighted by Gasteiger charge is 2.07. The van der Waals surface area contributed by atoms with E-state index in [-0.39, 0.29) is 0 Å². The Labute approximate surface area is 178 Å². The van der Waals surface area contributed by atoms with Gasteiger partial charge in [-0.3, -0.25) is 5.43 Å². The molecule has 5 aromatic rings. The van der Waals surface area contributed by atoms with E-state index in [9.17, 15) is 0 Å². The van der Waals surface area contributed by atoms with Crippen LogP contribution in [0.4, 0.5) is 5.13 Å². The first-order valence-electron chi connectivity index (χ1n) is 9.77. The van der Waals surface area contributed by atoms with Gasteiger partial charge in [-0.15, -0.1) is 0 Å². The van der Waals surface area contributed by atoms with Gasteiger partial charge in [0, 0.05) is 22.7 Å². The summed E-state index contributed by atoms with van der Waals surface area (Å²) in [6.45, 7) is 1.36. The molecule has 5 nitrogen and oxygen atoms in total. The normalized spacial score (nSPS) is 11.5. The largest absolute Gasteiger partial charge is 0.492 e. The van der Waals surface area contributed by atoms with Crippen LogP contribution in [0.5, 0.6) is 5.75 Å². The molecule has 0 saturated carbocycles. The fourth-order valence-electron chi connectivity index (χ4n) is 3.42. The number of fused-ring (bicyclic) bond motifs is 2. The fraction of sp³-hybridized carbons (Fsp3) is 0.0833. The molecule has 0 aliphatic rings. The molecule has 0 fully saturated rings. The van der Waals surface area contributed by atoms with Crippen molar-refractivity contribution in [1.82, 2.24) is 9.55 Å². The highest BCUT2D eigenvalue weighted by Crippen LogP contribution is 2.25. The van der Waals surface area contributed by atoms with Crippen LogP contribution in [0.1, 0.15) is 5.56 Å². The van der Waals surface area contributed by atoms with E-state index in [2.05, 4.69) is 50.5 Å². The van der Waals surface area contributed by atoms with Gasteiger partial charge >= 0.3 is 0 Å². The van der Waals surface area contributed by atoms with Gasteiger partial charge in [-0.2, -0.15) is 5.10 Å². The van der Waals surface area contributed by atoms with Gasteiger partial charge in [0.15, 0.2) is 0 Å². The summed E-state index contributed by atoms with van der Waals surface area (Å²) in [5.41, 5.74) is 6.26. The zero-order valence-corrected chi connectivity index (χ0v) is 17.0. The number of hydrogen-bond donors (Lipinski definition) is 1. The lowest BCUT2D eigenvalue weighted by Gasteiger charge is -2.08. The van der Waals surface area contributed by atoms with Crippen molar-refractivity contribution in [2.45, 2.75) is 6.54 Å². The number of ether oxygens (including phenoxy) is 1. The number of nitrogens with zero attached hydrogens (tertiary/aromatic N) is 3. The van der Waals surface area contributed by atoms with Crippen LogP contribution in [-0.4, -0.2) is 22.4 Å². The minimum absolute atomic E-state index is 0.600. The van der Waals surface area contributed by atoms with Crippen molar-refractivity contribution in [1.29, 1.82) is 0 Å². The van der Waals surface area contributed by atoms with Crippen molar-refractivity contribution in [3.8, 4) is 5.75 Å². The average molecular weight is 413 g/mol. The third-order valence-corrected chi connectivity index (χ3v) is 5.76. The van der Waals surface area contributed by atoms with Gasteiger partial charge in [0.05, 0.1) is 23.0 Å². The molecule has 0 spiro atoms. The van der Waals surface area contributed by atoms with Crippen molar-refractivity contribution < 1.29 is 4.74 Å². The van der Waals surface area contributed by atoms with Gasteiger partial charge in [-0.25, -0.2) is 4.98 Å². The Hall–Kier alpha value is -3.64. The SMILES string of the molecule is C(=N\Nc1nc2ccccc2s1)/c1cn(CCOc2ccccc2)c2ccccc12. The lowest BCUT2D eigenvalue weighted by Crippen LogP contribution is -2.07. The van der Waals surface area contributed by atoms with Crippen LogP contribution < -0.4 is 10.2 Å². The molecular formula is C24H20N4OS. The summed E-state index contributed by atoms with van der Waals surface area (Å²) in [5.74, 6) is 0.885. The molecule has 6 heteroatoms. The quantitative estimate of drug-likeness (QED) is 0.272. The van der Waals surface area contributed by atoms with Gasteiger partial charge in [0.1, 0.15) is 12.4 Å². The Bertz CT molecular complexity index is 1270. The maximum absolute atomic E-state index is 5.86. The van der Waals surface area contributed by atoms with Crippen LogP contribution in [-0.2, 0) is 6.54 Å². The molecule has 3 aromatic carbocycles. The summed E-state index contributed by atoms with van der Waals surface area (Å²) in [6.07, 6.45) is 3.96. The molecule has 0 unspecified atom stereocenters. The summed E-state index contributed by atoms with van der Waals surface area (Å²) in [7, 11) is 0. The third-order valence-electron chi connectivity index (χ3n) is 4.82. The first-order chi connectivity index (χ1) is 14.9. The molecule has 0 atom stereocenters. The fourth-order valence-corrected chi connectivity index (χ4v) is 4.23. The van der Waals surface area contributed by atoms with E-state index < -0.39 is 0 Å². The van der Waals surface area contributed by atoms with Crippen LogP contribution in [0, 0.1) is 0 Å². The first kappa shape index (κ1) is 18.4. The smallest absolute Gasteiger partial charge is 0.204 e. The molecule has 2 heterocycles. The van der Waals surface area contributed by atoms with Gasteiger partial charge in [0.2, 0.25) is 5.13 Å². The number of hydrazone groups is 1. The van der Waals surface area contributed by atoms with Gasteiger partial charge in [-0.05, 0) is 30.3 Å². The molecule has 5 rings (SSSR count). The Morgan fingerprint density at radius 2 is 1.77 bits per heavy atom. The second-order valence-corrected chi connectivity index (χ2v) is 7.84. The standard InChI is InChI=1S/C24H20N4OS/c1-2-8-19(9-3-1)29-15-14-28-17-18(20-10-4-6-12-22(20)28)16-25-27-24-26-21-11-5-7-13-23(21)30-24/h1-13,16-17H,14-15H2,(H,26,27)/b25-16+. The third kappa shape index (κ3) is 3.90. The number of nitrogens with one attached hydrogen (secondary N) is 1. The summed E-state index contributed by atoms with van der Waals surface area (Å²) >= 11 is 1.59. The van der Waals surface area contributed by atoms with Crippen LogP contribution in [0.2, 0.25) is 0 Å². The Morgan fingerprint density at radius 1 is 0.967 bits per heavy atom. The van der Waals surface area contributed by atoms with Crippen LogP contribution in [0.3, 0.4) is 0 Å². The molecule has 30 heavy (non-hydrogen) atoms. The highest BCUT2D eigenvalue weighted by atomic mass is 32.1. The van der Waals surface area contributed by atoms with Crippen molar-refractivity contribution in [3.63, 3.8) is 0 Å². The molecule has 0 aliphatic heterocycles. The van der Waals surface area contributed by atoms with E-state index in [0.29, 0.717) is 6.61 Å². The van der Waals surface area contributed by atoms with Crippen molar-refractivity contribution >= 4 is 43.8 Å². The topological polar surface area (TPSA) is 51.4 Å². The molecular weight excluding hydrogens is 392 g/mol. The van der Waals surface area contributed by atoms with Gasteiger partial charge < -0.3 is 9.30 Å². The maximum Gasteiger partial charge on any atom is 0.204 e. The van der Waals surface area contributed by atoms with E-state index >= 15 is 0 Å². The summed E-state index contributed by atoms with van der Waals surface area (Å²) < 4.78 is 9.21. The van der Waals surface area contributed by atoms with E-state index in [1.807, 2.05) is 60.8 Å². The van der Waals surface area contributed by atoms with Crippen molar-refractivity contribution in [2.24, 2.45) is 5.10 Å². The van der Waals surface area contributed by atoms with Crippen LogP contribution in [0.15, 0.2) is 90.2 Å². The predicted molar refractivity (Wildman–Crippen MR) is 125 cm³/mol. The van der Waals surface area contributed by atoms with Crippen molar-refractivity contribution in [2.75, 3.05) is 12.0 Å². The molecule has 2 aromatic heterocycles. The molecule has 0 aliphatic carbocycles. The Morgan fingerprint density at radius 3 is 2.67 bits per heavy atom. The average Bonchev–Trinajstić information content (AvgIpc) is 3.36. The van der Waals surface area contributed by atoms with E-state index in [1.54, 1.807) is 11.3 Å². The molecule has 0 radical (unpaired) electrons. The Kier molecular flexibility index (Phi) is 5.14. The zero-order valence-electron chi connectivity index (χ0n) is 16.2. The minimum Gasteiger partial charge on any atom is -0.492 e. The van der Waals surface area contributed by atoms with Crippen LogP contribution in [0.25, 0.3) is 21.1 Å². The number of hydrogen-bond acceptors (Lipinski definition) is 5. The van der Waals surface area contributed by atoms with E-state index in [1.165, 1.54) is 0 Å². The summed E-state index contributed by atoms with van der Waals surface area (Å²) in [5, 5.41) is 6.37. The summed E-state index contributed by atoms with van der Waals surface area (Å²) in [6, 6.07) is 26.3. The lowest BCUT2D eigenvalue weighted by atomic mass is 10.2. The van der Waals surface area contributed by atoms with Crippen LogP contribution >= 0.6 is 11.3 Å². The molecule has 1 N–H and O–H groups in total. The van der Waals surface area contributed by atoms with Gasteiger partial charge in [-0.1, -0.05) is 59.9 Å². The number of rotatable bonds is 7. The monoisotopic (exact) mass is 412 g/mol. The molecule has 0 bridgehead atoms.